The molecule has 0 spiro atoms. The molecule has 2 aliphatic rings. The van der Waals surface area contributed by atoms with Crippen molar-refractivity contribution in [2.75, 3.05) is 0 Å². The van der Waals surface area contributed by atoms with Crippen LogP contribution in [0.5, 0.6) is 0 Å². The number of hydrogen-bond acceptors (Lipinski definition) is 1. The Morgan fingerprint density at radius 3 is 2.47 bits per heavy atom. The van der Waals surface area contributed by atoms with E-state index < -0.39 is 5.92 Å². The largest absolute Gasteiger partial charge is 0.393 e. The summed E-state index contributed by atoms with van der Waals surface area (Å²) in [6.07, 6.45) is 7.66. The van der Waals surface area contributed by atoms with E-state index in [1.165, 1.54) is 12.8 Å². The van der Waals surface area contributed by atoms with Crippen molar-refractivity contribution in [1.29, 1.82) is 0 Å². The van der Waals surface area contributed by atoms with Crippen LogP contribution in [0.4, 0.5) is 8.78 Å². The van der Waals surface area contributed by atoms with Crippen molar-refractivity contribution in [3.63, 3.8) is 0 Å². The first-order valence-corrected chi connectivity index (χ1v) is 7.13. The van der Waals surface area contributed by atoms with Crippen LogP contribution < -0.4 is 0 Å². The molecule has 0 heterocycles. The minimum Gasteiger partial charge on any atom is -0.393 e. The number of aliphatic hydroxyl groups is 1. The Bertz CT molecular complexity index is 236. The molecule has 0 saturated heterocycles. The van der Waals surface area contributed by atoms with E-state index in [2.05, 4.69) is 0 Å². The van der Waals surface area contributed by atoms with Crippen LogP contribution in [0.25, 0.3) is 0 Å². The van der Waals surface area contributed by atoms with Gasteiger partial charge in [0.15, 0.2) is 0 Å². The van der Waals surface area contributed by atoms with Gasteiger partial charge in [-0.2, -0.15) is 0 Å². The minimum absolute atomic E-state index is 0.0460. The zero-order chi connectivity index (χ0) is 12.3. The fourth-order valence-corrected chi connectivity index (χ4v) is 3.51. The Kier molecular flexibility index (Phi) is 4.40. The summed E-state index contributed by atoms with van der Waals surface area (Å²) in [6.45, 7) is 0. The topological polar surface area (TPSA) is 20.2 Å². The van der Waals surface area contributed by atoms with Crippen molar-refractivity contribution in [2.45, 2.75) is 76.2 Å². The molecule has 0 radical (unpaired) electrons. The first kappa shape index (κ1) is 13.3. The molecule has 0 amide bonds. The van der Waals surface area contributed by atoms with E-state index in [0.29, 0.717) is 12.3 Å². The summed E-state index contributed by atoms with van der Waals surface area (Å²) in [5.74, 6) is -1.87. The Balaban J connectivity index is 1.70. The Hall–Kier alpha value is -0.180. The van der Waals surface area contributed by atoms with Gasteiger partial charge in [-0.25, -0.2) is 8.78 Å². The standard InChI is InChI=1S/C14H24F2O/c15-14(16)9-3-4-11(10-14)7-8-13(17)12-5-1-2-6-12/h11-13,17H,1-10H2. The predicted molar refractivity (Wildman–Crippen MR) is 64.1 cm³/mol. The second-order valence-corrected chi connectivity index (χ2v) is 6.01. The molecule has 2 saturated carbocycles. The maximum atomic E-state index is 13.2. The van der Waals surface area contributed by atoms with Gasteiger partial charge in [-0.1, -0.05) is 19.3 Å². The maximum absolute atomic E-state index is 13.2. The fraction of sp³-hybridized carbons (Fsp3) is 1.00. The zero-order valence-electron chi connectivity index (χ0n) is 10.5. The number of aliphatic hydroxyl groups excluding tert-OH is 1. The second kappa shape index (κ2) is 5.64. The second-order valence-electron chi connectivity index (χ2n) is 6.01. The van der Waals surface area contributed by atoms with Gasteiger partial charge < -0.3 is 5.11 Å². The number of alkyl halides is 2. The van der Waals surface area contributed by atoms with E-state index in [1.807, 2.05) is 0 Å². The van der Waals surface area contributed by atoms with E-state index >= 15 is 0 Å². The number of rotatable bonds is 4. The zero-order valence-corrected chi connectivity index (χ0v) is 10.5. The third kappa shape index (κ3) is 3.90. The van der Waals surface area contributed by atoms with Gasteiger partial charge in [0.1, 0.15) is 0 Å². The lowest BCUT2D eigenvalue weighted by atomic mass is 9.82. The van der Waals surface area contributed by atoms with Crippen LogP contribution in [0.2, 0.25) is 0 Å². The van der Waals surface area contributed by atoms with Crippen LogP contribution in [0, 0.1) is 11.8 Å². The highest BCUT2D eigenvalue weighted by Crippen LogP contribution is 2.39. The van der Waals surface area contributed by atoms with Gasteiger partial charge in [-0.3, -0.25) is 0 Å². The predicted octanol–water partition coefficient (Wildman–Crippen LogP) is 4.14. The first-order chi connectivity index (χ1) is 8.07. The van der Waals surface area contributed by atoms with Crippen molar-refractivity contribution in [3.05, 3.63) is 0 Å². The number of halogens is 2. The van der Waals surface area contributed by atoms with E-state index in [4.69, 9.17) is 0 Å². The molecule has 1 nitrogen and oxygen atoms in total. The summed E-state index contributed by atoms with van der Waals surface area (Å²) in [4.78, 5) is 0. The van der Waals surface area contributed by atoms with Gasteiger partial charge in [-0.05, 0) is 43.9 Å². The maximum Gasteiger partial charge on any atom is 0.248 e. The van der Waals surface area contributed by atoms with Gasteiger partial charge in [0, 0.05) is 12.8 Å². The summed E-state index contributed by atoms with van der Waals surface area (Å²) in [5, 5.41) is 10.0. The summed E-state index contributed by atoms with van der Waals surface area (Å²) >= 11 is 0. The molecular formula is C14H24F2O. The van der Waals surface area contributed by atoms with E-state index in [9.17, 15) is 13.9 Å². The van der Waals surface area contributed by atoms with Crippen molar-refractivity contribution in [2.24, 2.45) is 11.8 Å². The van der Waals surface area contributed by atoms with Crippen molar-refractivity contribution in [1.82, 2.24) is 0 Å². The molecule has 0 bridgehead atoms. The average molecular weight is 246 g/mol. The minimum atomic E-state index is -2.44. The van der Waals surface area contributed by atoms with Gasteiger partial charge >= 0.3 is 0 Å². The van der Waals surface area contributed by atoms with Crippen molar-refractivity contribution < 1.29 is 13.9 Å². The van der Waals surface area contributed by atoms with Crippen LogP contribution in [-0.4, -0.2) is 17.1 Å². The normalized spacial score (nSPS) is 31.6. The van der Waals surface area contributed by atoms with Crippen LogP contribution in [0.1, 0.15) is 64.2 Å². The lowest BCUT2D eigenvalue weighted by Crippen LogP contribution is -2.27. The number of hydrogen-bond donors (Lipinski definition) is 1. The molecule has 2 rings (SSSR count). The molecule has 3 heteroatoms. The first-order valence-electron chi connectivity index (χ1n) is 7.13. The molecule has 0 aromatic carbocycles. The van der Waals surface area contributed by atoms with E-state index in [0.717, 1.165) is 32.1 Å². The smallest absolute Gasteiger partial charge is 0.248 e. The molecule has 2 atom stereocenters. The van der Waals surface area contributed by atoms with Crippen LogP contribution in [0.3, 0.4) is 0 Å². The third-order valence-corrected chi connectivity index (χ3v) is 4.56. The van der Waals surface area contributed by atoms with Crippen molar-refractivity contribution >= 4 is 0 Å². The Morgan fingerprint density at radius 1 is 1.12 bits per heavy atom. The molecule has 0 aromatic rings. The highest BCUT2D eigenvalue weighted by Gasteiger charge is 2.36. The van der Waals surface area contributed by atoms with E-state index in [1.54, 1.807) is 0 Å². The summed E-state index contributed by atoms with van der Waals surface area (Å²) in [5.41, 5.74) is 0. The summed E-state index contributed by atoms with van der Waals surface area (Å²) in [6, 6.07) is 0. The molecule has 0 aliphatic heterocycles. The van der Waals surface area contributed by atoms with Gasteiger partial charge in [-0.15, -0.1) is 0 Å². The monoisotopic (exact) mass is 246 g/mol. The SMILES string of the molecule is OC(CCC1CCCC(F)(F)C1)C1CCCC1. The lowest BCUT2D eigenvalue weighted by Gasteiger charge is -2.30. The van der Waals surface area contributed by atoms with Gasteiger partial charge in [0.25, 0.3) is 0 Å². The quantitative estimate of drug-likeness (QED) is 0.790. The highest BCUT2D eigenvalue weighted by atomic mass is 19.3. The van der Waals surface area contributed by atoms with E-state index in [-0.39, 0.29) is 24.9 Å². The molecular weight excluding hydrogens is 222 g/mol. The van der Waals surface area contributed by atoms with Crippen LogP contribution >= 0.6 is 0 Å². The molecule has 2 unspecified atom stereocenters. The van der Waals surface area contributed by atoms with Crippen LogP contribution in [0.15, 0.2) is 0 Å². The lowest BCUT2D eigenvalue weighted by molar-refractivity contribution is -0.0558. The Morgan fingerprint density at radius 2 is 1.82 bits per heavy atom. The molecule has 2 fully saturated rings. The Labute approximate surface area is 103 Å². The molecule has 1 N–H and O–H groups in total. The van der Waals surface area contributed by atoms with Gasteiger partial charge in [0.2, 0.25) is 5.92 Å². The fourth-order valence-electron chi connectivity index (χ4n) is 3.51. The summed E-state index contributed by atoms with van der Waals surface area (Å²) in [7, 11) is 0. The molecule has 0 aromatic heterocycles. The molecule has 17 heavy (non-hydrogen) atoms. The molecule has 2 aliphatic carbocycles. The van der Waals surface area contributed by atoms with Crippen LogP contribution in [-0.2, 0) is 0 Å². The third-order valence-electron chi connectivity index (χ3n) is 4.56. The highest BCUT2D eigenvalue weighted by molar-refractivity contribution is 4.81. The van der Waals surface area contributed by atoms with Crippen molar-refractivity contribution in [3.8, 4) is 0 Å². The summed E-state index contributed by atoms with van der Waals surface area (Å²) < 4.78 is 26.4. The average Bonchev–Trinajstić information content (AvgIpc) is 2.78. The van der Waals surface area contributed by atoms with Gasteiger partial charge in [0.05, 0.1) is 6.10 Å². The molecule has 100 valence electrons.